The van der Waals surface area contributed by atoms with Gasteiger partial charge in [-0.3, -0.25) is 4.79 Å². The van der Waals surface area contributed by atoms with E-state index in [1.54, 1.807) is 0 Å². The Morgan fingerprint density at radius 2 is 1.81 bits per heavy atom. The highest BCUT2D eigenvalue weighted by molar-refractivity contribution is 6.30. The van der Waals surface area contributed by atoms with Gasteiger partial charge in [0.2, 0.25) is 0 Å². The Morgan fingerprint density at radius 1 is 1.08 bits per heavy atom. The highest BCUT2D eigenvalue weighted by atomic mass is 35.5. The lowest BCUT2D eigenvalue weighted by Gasteiger charge is -2.70. The lowest BCUT2D eigenvalue weighted by atomic mass is 9.39. The molecule has 3 saturated carbocycles. The van der Waals surface area contributed by atoms with E-state index in [0.717, 1.165) is 25.0 Å². The predicted molar refractivity (Wildman–Crippen MR) is 96.0 cm³/mol. The van der Waals surface area contributed by atoms with Crippen LogP contribution < -0.4 is 14.8 Å². The minimum Gasteiger partial charge on any atom is -0.493 e. The molecule has 136 valence electrons. The van der Waals surface area contributed by atoms with Gasteiger partial charge in [-0.1, -0.05) is 29.8 Å². The van der Waals surface area contributed by atoms with Crippen LogP contribution in [-0.4, -0.2) is 24.7 Å². The topological polar surface area (TPSA) is 47.6 Å². The van der Waals surface area contributed by atoms with Gasteiger partial charge in [0.15, 0.2) is 6.61 Å². The Hall–Kier alpha value is -2.27. The second kappa shape index (κ2) is 6.47. The largest absolute Gasteiger partial charge is 0.493 e. The summed E-state index contributed by atoms with van der Waals surface area (Å²) in [6.07, 6.45) is 2.77. The third-order valence-corrected chi connectivity index (χ3v) is 5.40. The highest BCUT2D eigenvalue weighted by Gasteiger charge is 2.68. The average Bonchev–Trinajstić information content (AvgIpc) is 2.58. The van der Waals surface area contributed by atoms with E-state index in [1.165, 1.54) is 18.2 Å². The van der Waals surface area contributed by atoms with Crippen LogP contribution in [0.5, 0.6) is 11.5 Å². The number of carbonyl (C=O) groups excluding carboxylic acids is 1. The number of ether oxygens (including phenoxy) is 2. The minimum absolute atomic E-state index is 0.0266. The first kappa shape index (κ1) is 17.2. The highest BCUT2D eigenvalue weighted by Crippen LogP contribution is 2.67. The van der Waals surface area contributed by atoms with Crippen molar-refractivity contribution in [3.05, 3.63) is 59.4 Å². The van der Waals surface area contributed by atoms with Crippen LogP contribution in [0.15, 0.2) is 48.5 Å². The van der Waals surface area contributed by atoms with E-state index >= 15 is 0 Å². The molecule has 26 heavy (non-hydrogen) atoms. The second-order valence-electron chi connectivity index (χ2n) is 7.33. The fourth-order valence-corrected chi connectivity index (χ4v) is 4.20. The Labute approximate surface area is 156 Å². The molecule has 0 saturated heterocycles. The van der Waals surface area contributed by atoms with Gasteiger partial charge in [-0.15, -0.1) is 0 Å². The van der Waals surface area contributed by atoms with E-state index in [1.807, 2.05) is 30.3 Å². The molecule has 4 nitrogen and oxygen atoms in total. The monoisotopic (exact) mass is 375 g/mol. The van der Waals surface area contributed by atoms with Crippen molar-refractivity contribution in [2.24, 2.45) is 5.41 Å². The molecular weight excluding hydrogens is 357 g/mol. The summed E-state index contributed by atoms with van der Waals surface area (Å²) in [7, 11) is 0. The van der Waals surface area contributed by atoms with Crippen molar-refractivity contribution < 1.29 is 18.7 Å². The lowest BCUT2D eigenvalue weighted by molar-refractivity contribution is -0.179. The number of rotatable bonds is 7. The Kier molecular flexibility index (Phi) is 4.27. The summed E-state index contributed by atoms with van der Waals surface area (Å²) in [5.41, 5.74) is 0.0645. The molecule has 3 aliphatic carbocycles. The zero-order chi connectivity index (χ0) is 18.2. The SMILES string of the molecule is O=C(COc1ccc(Cl)c(F)c1)NC12CC(COc3ccccc3)(C1)C2. The molecule has 0 aliphatic heterocycles. The van der Waals surface area contributed by atoms with Crippen LogP contribution in [0, 0.1) is 11.2 Å². The van der Waals surface area contributed by atoms with Gasteiger partial charge in [-0.25, -0.2) is 4.39 Å². The van der Waals surface area contributed by atoms with Crippen LogP contribution in [0.3, 0.4) is 0 Å². The van der Waals surface area contributed by atoms with E-state index in [-0.39, 0.29) is 34.2 Å². The van der Waals surface area contributed by atoms with E-state index in [0.29, 0.717) is 6.61 Å². The number of hydrogen-bond donors (Lipinski definition) is 1. The quantitative estimate of drug-likeness (QED) is 0.796. The molecule has 6 heteroatoms. The van der Waals surface area contributed by atoms with Gasteiger partial charge in [0.25, 0.3) is 5.91 Å². The Bertz CT molecular complexity index is 807. The number of carbonyl (C=O) groups is 1. The molecule has 5 rings (SSSR count). The van der Waals surface area contributed by atoms with Crippen LogP contribution >= 0.6 is 11.6 Å². The van der Waals surface area contributed by atoms with Crippen LogP contribution in [-0.2, 0) is 4.79 Å². The standard InChI is InChI=1S/C20H19ClFNO3/c21-16-7-6-15(8-17(16)22)25-9-18(24)23-20-10-19(11-20,12-20)13-26-14-4-2-1-3-5-14/h1-8H,9-13H2,(H,23,24). The first-order chi connectivity index (χ1) is 12.5. The summed E-state index contributed by atoms with van der Waals surface area (Å²) >= 11 is 5.62. The third-order valence-electron chi connectivity index (χ3n) is 5.09. The summed E-state index contributed by atoms with van der Waals surface area (Å²) < 4.78 is 24.5. The summed E-state index contributed by atoms with van der Waals surface area (Å²) in [6, 6.07) is 13.9. The van der Waals surface area contributed by atoms with Crippen LogP contribution in [0.4, 0.5) is 4.39 Å². The number of halogens is 2. The summed E-state index contributed by atoms with van der Waals surface area (Å²) in [6.45, 7) is 0.533. The molecule has 1 N–H and O–H groups in total. The molecule has 2 aromatic rings. The lowest BCUT2D eigenvalue weighted by Crippen LogP contribution is -2.76. The first-order valence-corrected chi connectivity index (χ1v) is 8.92. The Balaban J connectivity index is 1.20. The second-order valence-corrected chi connectivity index (χ2v) is 7.73. The van der Waals surface area contributed by atoms with E-state index in [2.05, 4.69) is 5.32 Å². The molecule has 2 bridgehead atoms. The van der Waals surface area contributed by atoms with Gasteiger partial charge in [0.1, 0.15) is 17.3 Å². The number of amides is 1. The van der Waals surface area contributed by atoms with Crippen molar-refractivity contribution in [1.82, 2.24) is 5.32 Å². The molecular formula is C20H19ClFNO3. The fraction of sp³-hybridized carbons (Fsp3) is 0.350. The summed E-state index contributed by atoms with van der Waals surface area (Å²) in [4.78, 5) is 12.1. The van der Waals surface area contributed by atoms with Crippen molar-refractivity contribution >= 4 is 17.5 Å². The number of benzene rings is 2. The zero-order valence-corrected chi connectivity index (χ0v) is 14.9. The van der Waals surface area contributed by atoms with Crippen molar-refractivity contribution in [2.45, 2.75) is 24.8 Å². The molecule has 3 fully saturated rings. The average molecular weight is 376 g/mol. The van der Waals surface area contributed by atoms with Gasteiger partial charge in [0.05, 0.1) is 11.6 Å². The number of nitrogens with one attached hydrogen (secondary N) is 1. The molecule has 0 spiro atoms. The molecule has 1 amide bonds. The molecule has 0 unspecified atom stereocenters. The zero-order valence-electron chi connectivity index (χ0n) is 14.1. The maximum absolute atomic E-state index is 13.4. The van der Waals surface area contributed by atoms with Crippen molar-refractivity contribution in [1.29, 1.82) is 0 Å². The van der Waals surface area contributed by atoms with Crippen LogP contribution in [0.25, 0.3) is 0 Å². The van der Waals surface area contributed by atoms with E-state index < -0.39 is 5.82 Å². The molecule has 3 aliphatic rings. The summed E-state index contributed by atoms with van der Waals surface area (Å²) in [5, 5.41) is 3.07. The van der Waals surface area contributed by atoms with Gasteiger partial charge in [0, 0.05) is 17.0 Å². The smallest absolute Gasteiger partial charge is 0.258 e. The predicted octanol–water partition coefficient (Wildman–Crippen LogP) is 3.98. The van der Waals surface area contributed by atoms with Gasteiger partial charge in [-0.05, 0) is 43.5 Å². The minimum atomic E-state index is -0.565. The van der Waals surface area contributed by atoms with Crippen LogP contribution in [0.2, 0.25) is 5.02 Å². The molecule has 0 heterocycles. The van der Waals surface area contributed by atoms with Crippen LogP contribution in [0.1, 0.15) is 19.3 Å². The molecule has 2 aromatic carbocycles. The van der Waals surface area contributed by atoms with Crippen molar-refractivity contribution in [3.8, 4) is 11.5 Å². The fourth-order valence-electron chi connectivity index (χ4n) is 4.08. The van der Waals surface area contributed by atoms with E-state index in [9.17, 15) is 9.18 Å². The van der Waals surface area contributed by atoms with Gasteiger partial charge >= 0.3 is 0 Å². The van der Waals surface area contributed by atoms with Crippen molar-refractivity contribution in [3.63, 3.8) is 0 Å². The van der Waals surface area contributed by atoms with Crippen molar-refractivity contribution in [2.75, 3.05) is 13.2 Å². The van der Waals surface area contributed by atoms with Gasteiger partial charge < -0.3 is 14.8 Å². The maximum atomic E-state index is 13.4. The normalized spacial score (nSPS) is 25.6. The van der Waals surface area contributed by atoms with Gasteiger partial charge in [-0.2, -0.15) is 0 Å². The van der Waals surface area contributed by atoms with E-state index in [4.69, 9.17) is 21.1 Å². The molecule has 0 aromatic heterocycles. The number of hydrogen-bond acceptors (Lipinski definition) is 3. The molecule has 0 atom stereocenters. The number of para-hydroxylation sites is 1. The molecule has 0 radical (unpaired) electrons. The Morgan fingerprint density at radius 3 is 2.50 bits per heavy atom. The summed E-state index contributed by atoms with van der Waals surface area (Å²) in [5.74, 6) is 0.397. The maximum Gasteiger partial charge on any atom is 0.258 e. The first-order valence-electron chi connectivity index (χ1n) is 8.54. The third kappa shape index (κ3) is 3.36.